The number of ether oxygens (including phenoxy) is 1. The fourth-order valence-electron chi connectivity index (χ4n) is 3.50. The fourth-order valence-corrected chi connectivity index (χ4v) is 3.50. The molecular weight excluding hydrogens is 272 g/mol. The van der Waals surface area contributed by atoms with Crippen LogP contribution in [0.25, 0.3) is 0 Å². The van der Waals surface area contributed by atoms with Gasteiger partial charge in [0.05, 0.1) is 6.04 Å². The lowest BCUT2D eigenvalue weighted by Gasteiger charge is -2.35. The van der Waals surface area contributed by atoms with Crippen molar-refractivity contribution in [3.8, 4) is 11.5 Å². The third-order valence-corrected chi connectivity index (χ3v) is 4.80. The van der Waals surface area contributed by atoms with Crippen LogP contribution < -0.4 is 10.1 Å². The van der Waals surface area contributed by atoms with Crippen molar-refractivity contribution in [1.29, 1.82) is 0 Å². The van der Waals surface area contributed by atoms with E-state index in [0.29, 0.717) is 6.04 Å². The third kappa shape index (κ3) is 2.51. The third-order valence-electron chi connectivity index (χ3n) is 4.80. The van der Waals surface area contributed by atoms with E-state index in [1.54, 1.807) is 0 Å². The summed E-state index contributed by atoms with van der Waals surface area (Å²) in [5.41, 5.74) is 2.50. The summed E-state index contributed by atoms with van der Waals surface area (Å²) >= 11 is 0. The minimum Gasteiger partial charge on any atom is -0.457 e. The van der Waals surface area contributed by atoms with E-state index < -0.39 is 0 Å². The highest BCUT2D eigenvalue weighted by atomic mass is 16.5. The van der Waals surface area contributed by atoms with Gasteiger partial charge >= 0.3 is 0 Å². The van der Waals surface area contributed by atoms with Gasteiger partial charge in [-0.25, -0.2) is 0 Å². The zero-order chi connectivity index (χ0) is 14.9. The molecule has 22 heavy (non-hydrogen) atoms. The van der Waals surface area contributed by atoms with Crippen LogP contribution in [-0.2, 0) is 0 Å². The van der Waals surface area contributed by atoms with E-state index in [1.807, 2.05) is 12.1 Å². The molecule has 2 aliphatic heterocycles. The highest BCUT2D eigenvalue weighted by Crippen LogP contribution is 2.42. The summed E-state index contributed by atoms with van der Waals surface area (Å²) < 4.78 is 6.07. The minimum atomic E-state index is 0.231. The number of hydrogen-bond acceptors (Lipinski definition) is 3. The molecule has 2 aromatic carbocycles. The highest BCUT2D eigenvalue weighted by molar-refractivity contribution is 5.52. The summed E-state index contributed by atoms with van der Waals surface area (Å²) in [5.74, 6) is 1.96. The van der Waals surface area contributed by atoms with Crippen LogP contribution >= 0.6 is 0 Å². The molecule has 3 nitrogen and oxygen atoms in total. The second-order valence-electron chi connectivity index (χ2n) is 6.35. The van der Waals surface area contributed by atoms with Crippen LogP contribution in [0.3, 0.4) is 0 Å². The maximum atomic E-state index is 6.07. The molecule has 0 saturated carbocycles. The number of para-hydroxylation sites is 2. The molecule has 1 saturated heterocycles. The zero-order valence-electron chi connectivity index (χ0n) is 13.0. The van der Waals surface area contributed by atoms with Gasteiger partial charge in [-0.1, -0.05) is 36.4 Å². The fraction of sp³-hybridized carbons (Fsp3) is 0.368. The van der Waals surface area contributed by atoms with E-state index in [-0.39, 0.29) is 6.04 Å². The first kappa shape index (κ1) is 13.8. The van der Waals surface area contributed by atoms with Crippen molar-refractivity contribution in [2.24, 2.45) is 0 Å². The van der Waals surface area contributed by atoms with E-state index >= 15 is 0 Å². The maximum Gasteiger partial charge on any atom is 0.132 e. The molecule has 1 fully saturated rings. The lowest BCUT2D eigenvalue weighted by Crippen LogP contribution is -2.43. The number of piperidine rings is 1. The first-order chi connectivity index (χ1) is 10.8. The van der Waals surface area contributed by atoms with Gasteiger partial charge in [-0.3, -0.25) is 0 Å². The molecule has 0 radical (unpaired) electrons. The number of fused-ring (bicyclic) bond motifs is 2. The predicted octanol–water partition coefficient (Wildman–Crippen LogP) is 3.57. The van der Waals surface area contributed by atoms with E-state index in [0.717, 1.165) is 11.5 Å². The van der Waals surface area contributed by atoms with E-state index in [1.165, 1.54) is 37.1 Å². The normalized spacial score (nSPS) is 19.3. The largest absolute Gasteiger partial charge is 0.457 e. The lowest BCUT2D eigenvalue weighted by molar-refractivity contribution is 0.227. The van der Waals surface area contributed by atoms with E-state index in [4.69, 9.17) is 4.74 Å². The zero-order valence-corrected chi connectivity index (χ0v) is 13.0. The van der Waals surface area contributed by atoms with Crippen molar-refractivity contribution < 1.29 is 4.74 Å². The molecule has 0 unspecified atom stereocenters. The van der Waals surface area contributed by atoms with Crippen LogP contribution in [-0.4, -0.2) is 31.1 Å². The van der Waals surface area contributed by atoms with Crippen molar-refractivity contribution in [3.05, 3.63) is 59.7 Å². The molecule has 2 heterocycles. The second kappa shape index (κ2) is 5.75. The Kier molecular flexibility index (Phi) is 3.60. The Hall–Kier alpha value is -1.84. The monoisotopic (exact) mass is 294 g/mol. The Morgan fingerprint density at radius 3 is 2.05 bits per heavy atom. The molecule has 0 amide bonds. The maximum absolute atomic E-state index is 6.07. The highest BCUT2D eigenvalue weighted by Gasteiger charge is 2.29. The SMILES string of the molecule is CN1CCC(NC2c3ccccc3Oc3ccccc32)CC1. The van der Waals surface area contributed by atoms with Gasteiger partial charge in [0.2, 0.25) is 0 Å². The molecule has 0 atom stereocenters. The minimum absolute atomic E-state index is 0.231. The molecule has 0 aliphatic carbocycles. The van der Waals surface area contributed by atoms with Crippen molar-refractivity contribution in [3.63, 3.8) is 0 Å². The molecule has 4 rings (SSSR count). The molecule has 3 heteroatoms. The number of nitrogens with one attached hydrogen (secondary N) is 1. The Morgan fingerprint density at radius 1 is 0.909 bits per heavy atom. The Labute approximate surface area is 131 Å². The van der Waals surface area contributed by atoms with Crippen LogP contribution in [0, 0.1) is 0 Å². The van der Waals surface area contributed by atoms with Crippen LogP contribution in [0.4, 0.5) is 0 Å². The Morgan fingerprint density at radius 2 is 1.45 bits per heavy atom. The van der Waals surface area contributed by atoms with Gasteiger partial charge in [0.25, 0.3) is 0 Å². The van der Waals surface area contributed by atoms with Crippen molar-refractivity contribution in [2.75, 3.05) is 20.1 Å². The summed E-state index contributed by atoms with van der Waals surface area (Å²) in [4.78, 5) is 2.41. The van der Waals surface area contributed by atoms with Gasteiger partial charge in [-0.05, 0) is 45.1 Å². The molecular formula is C19H22N2O. The standard InChI is InChI=1S/C19H22N2O/c1-21-12-10-14(11-13-21)20-19-15-6-2-4-8-17(15)22-18-9-5-3-7-16(18)19/h2-9,14,19-20H,10-13H2,1H3. The molecule has 2 aromatic rings. The van der Waals surface area contributed by atoms with Crippen LogP contribution in [0.2, 0.25) is 0 Å². The Balaban J connectivity index is 1.66. The molecule has 1 N–H and O–H groups in total. The van der Waals surface area contributed by atoms with Crippen LogP contribution in [0.1, 0.15) is 30.0 Å². The van der Waals surface area contributed by atoms with Crippen molar-refractivity contribution in [1.82, 2.24) is 10.2 Å². The molecule has 0 spiro atoms. The summed E-state index contributed by atoms with van der Waals surface area (Å²) in [5, 5.41) is 3.88. The Bertz CT molecular complexity index is 616. The topological polar surface area (TPSA) is 24.5 Å². The quantitative estimate of drug-likeness (QED) is 0.916. The summed E-state index contributed by atoms with van der Waals surface area (Å²) in [6, 6.07) is 17.6. The van der Waals surface area contributed by atoms with Gasteiger partial charge in [-0.15, -0.1) is 0 Å². The summed E-state index contributed by atoms with van der Waals surface area (Å²) in [6.07, 6.45) is 2.41. The van der Waals surface area contributed by atoms with Crippen molar-refractivity contribution in [2.45, 2.75) is 24.9 Å². The number of benzene rings is 2. The van der Waals surface area contributed by atoms with Gasteiger partial charge in [0, 0.05) is 17.2 Å². The van der Waals surface area contributed by atoms with Gasteiger partial charge in [0.15, 0.2) is 0 Å². The molecule has 0 aromatic heterocycles. The van der Waals surface area contributed by atoms with Gasteiger partial charge < -0.3 is 15.0 Å². The van der Waals surface area contributed by atoms with Crippen LogP contribution in [0.5, 0.6) is 11.5 Å². The lowest BCUT2D eigenvalue weighted by atomic mass is 9.92. The summed E-state index contributed by atoms with van der Waals surface area (Å²) in [6.45, 7) is 2.34. The number of rotatable bonds is 2. The smallest absolute Gasteiger partial charge is 0.132 e. The molecule has 0 bridgehead atoms. The number of hydrogen-bond donors (Lipinski definition) is 1. The van der Waals surface area contributed by atoms with Gasteiger partial charge in [-0.2, -0.15) is 0 Å². The molecule has 114 valence electrons. The second-order valence-corrected chi connectivity index (χ2v) is 6.35. The number of nitrogens with zero attached hydrogens (tertiary/aromatic N) is 1. The van der Waals surface area contributed by atoms with E-state index in [9.17, 15) is 0 Å². The average Bonchev–Trinajstić information content (AvgIpc) is 2.56. The van der Waals surface area contributed by atoms with E-state index in [2.05, 4.69) is 53.7 Å². The first-order valence-electron chi connectivity index (χ1n) is 8.11. The predicted molar refractivity (Wildman–Crippen MR) is 88.5 cm³/mol. The first-order valence-corrected chi connectivity index (χ1v) is 8.11. The van der Waals surface area contributed by atoms with Crippen LogP contribution in [0.15, 0.2) is 48.5 Å². The average molecular weight is 294 g/mol. The van der Waals surface area contributed by atoms with Crippen molar-refractivity contribution >= 4 is 0 Å². The molecule has 2 aliphatic rings. The summed E-state index contributed by atoms with van der Waals surface area (Å²) in [7, 11) is 2.20. The van der Waals surface area contributed by atoms with Gasteiger partial charge in [0.1, 0.15) is 11.5 Å². The number of likely N-dealkylation sites (tertiary alicyclic amines) is 1.